The Morgan fingerprint density at radius 2 is 1.87 bits per heavy atom. The number of aromatic nitrogens is 4. The van der Waals surface area contributed by atoms with Gasteiger partial charge >= 0.3 is 6.18 Å². The number of thioether (sulfide) groups is 1. The van der Waals surface area contributed by atoms with Gasteiger partial charge < -0.3 is 4.74 Å². The molecule has 10 heteroatoms. The maximum absolute atomic E-state index is 12.7. The summed E-state index contributed by atoms with van der Waals surface area (Å²) >= 11 is 2.86. The first-order valence-electron chi connectivity index (χ1n) is 8.74. The average molecular weight is 448 g/mol. The molecular weight excluding hydrogens is 433 g/mol. The van der Waals surface area contributed by atoms with Gasteiger partial charge in [0.15, 0.2) is 5.16 Å². The Morgan fingerprint density at radius 3 is 2.60 bits per heavy atom. The van der Waals surface area contributed by atoms with Crippen molar-refractivity contribution in [3.8, 4) is 22.0 Å². The number of hydrogen-bond donors (Lipinski definition) is 0. The first-order valence-corrected chi connectivity index (χ1v) is 10.6. The Balaban J connectivity index is 1.48. The lowest BCUT2D eigenvalue weighted by Gasteiger charge is -2.10. The van der Waals surface area contributed by atoms with E-state index in [1.54, 1.807) is 13.4 Å². The van der Waals surface area contributed by atoms with Gasteiger partial charge in [-0.25, -0.2) is 4.98 Å². The smallest absolute Gasteiger partial charge is 0.416 e. The topological polar surface area (TPSA) is 52.8 Å². The molecular formula is C20H15F3N4OS2. The van der Waals surface area contributed by atoms with Crippen LogP contribution in [0.3, 0.4) is 0 Å². The Kier molecular flexibility index (Phi) is 5.78. The minimum Gasteiger partial charge on any atom is -0.495 e. The molecule has 5 nitrogen and oxygen atoms in total. The van der Waals surface area contributed by atoms with Gasteiger partial charge in [0.05, 0.1) is 24.1 Å². The Labute approximate surface area is 178 Å². The monoisotopic (exact) mass is 448 g/mol. The molecule has 0 amide bonds. The third kappa shape index (κ3) is 4.34. The maximum Gasteiger partial charge on any atom is 0.416 e. The van der Waals surface area contributed by atoms with Crippen molar-refractivity contribution in [1.82, 2.24) is 19.7 Å². The van der Waals surface area contributed by atoms with Crippen molar-refractivity contribution in [1.29, 1.82) is 0 Å². The van der Waals surface area contributed by atoms with Gasteiger partial charge in [0, 0.05) is 16.7 Å². The summed E-state index contributed by atoms with van der Waals surface area (Å²) in [5.74, 6) is 1.25. The predicted molar refractivity (Wildman–Crippen MR) is 110 cm³/mol. The molecule has 2 heterocycles. The van der Waals surface area contributed by atoms with Crippen LogP contribution in [0.5, 0.6) is 5.75 Å². The molecule has 0 fully saturated rings. The van der Waals surface area contributed by atoms with E-state index in [-0.39, 0.29) is 0 Å². The van der Waals surface area contributed by atoms with Crippen molar-refractivity contribution >= 4 is 23.1 Å². The van der Waals surface area contributed by atoms with E-state index in [4.69, 9.17) is 4.74 Å². The Bertz CT molecular complexity index is 1140. The zero-order chi connectivity index (χ0) is 21.1. The lowest BCUT2D eigenvalue weighted by atomic mass is 10.1. The van der Waals surface area contributed by atoms with Crippen LogP contribution in [0.2, 0.25) is 0 Å². The van der Waals surface area contributed by atoms with Gasteiger partial charge in [-0.1, -0.05) is 36.0 Å². The second kappa shape index (κ2) is 8.49. The fourth-order valence-corrected chi connectivity index (χ4v) is 4.51. The molecule has 0 bridgehead atoms. The van der Waals surface area contributed by atoms with Crippen LogP contribution < -0.4 is 4.74 Å². The molecule has 0 aliphatic heterocycles. The van der Waals surface area contributed by atoms with E-state index in [9.17, 15) is 13.2 Å². The summed E-state index contributed by atoms with van der Waals surface area (Å²) in [6.45, 7) is 0. The number of nitrogens with zero attached hydrogens (tertiary/aromatic N) is 4. The van der Waals surface area contributed by atoms with Crippen LogP contribution in [0.25, 0.3) is 16.3 Å². The molecule has 154 valence electrons. The fourth-order valence-electron chi connectivity index (χ4n) is 2.76. The summed E-state index contributed by atoms with van der Waals surface area (Å²) in [6.07, 6.45) is -2.73. The molecule has 0 N–H and O–H groups in total. The molecule has 0 saturated heterocycles. The molecule has 0 saturated carbocycles. The zero-order valence-electron chi connectivity index (χ0n) is 15.6. The number of rotatable bonds is 6. The summed E-state index contributed by atoms with van der Waals surface area (Å²) in [6, 6.07) is 12.6. The molecule has 0 spiro atoms. The minimum absolute atomic E-state index is 0.547. The maximum atomic E-state index is 12.7. The number of benzene rings is 2. The van der Waals surface area contributed by atoms with Crippen LogP contribution in [-0.4, -0.2) is 26.9 Å². The molecule has 0 atom stereocenters. The molecule has 0 aliphatic carbocycles. The standard InChI is InChI=1S/C20H15F3N4OS2/c1-28-17-5-3-2-4-16(17)27-12-24-26-19(27)30-11-15-10-29-18(25-15)13-6-8-14(9-7-13)20(21,22)23/h2-10,12H,11H2,1H3. The van der Waals surface area contributed by atoms with Gasteiger partial charge in [0.2, 0.25) is 0 Å². The van der Waals surface area contributed by atoms with Crippen molar-refractivity contribution < 1.29 is 17.9 Å². The first kappa shape index (κ1) is 20.4. The highest BCUT2D eigenvalue weighted by Crippen LogP contribution is 2.33. The number of para-hydroxylation sites is 2. The third-order valence-corrected chi connectivity index (χ3v) is 6.14. The van der Waals surface area contributed by atoms with Crippen molar-refractivity contribution in [2.75, 3.05) is 7.11 Å². The van der Waals surface area contributed by atoms with Gasteiger partial charge in [-0.05, 0) is 24.3 Å². The average Bonchev–Trinajstić information content (AvgIpc) is 3.41. The quantitative estimate of drug-likeness (QED) is 0.354. The molecule has 4 rings (SSSR count). The van der Waals surface area contributed by atoms with E-state index in [1.165, 1.54) is 35.2 Å². The zero-order valence-corrected chi connectivity index (χ0v) is 17.3. The third-order valence-electron chi connectivity index (χ3n) is 4.22. The highest BCUT2D eigenvalue weighted by molar-refractivity contribution is 7.98. The molecule has 0 unspecified atom stereocenters. The van der Waals surface area contributed by atoms with Crippen LogP contribution in [0.1, 0.15) is 11.3 Å². The van der Waals surface area contributed by atoms with E-state index in [0.29, 0.717) is 27.2 Å². The highest BCUT2D eigenvalue weighted by Gasteiger charge is 2.30. The first-order chi connectivity index (χ1) is 14.5. The van der Waals surface area contributed by atoms with Crippen molar-refractivity contribution in [2.45, 2.75) is 17.1 Å². The van der Waals surface area contributed by atoms with Gasteiger partial charge in [-0.3, -0.25) is 4.57 Å². The minimum atomic E-state index is -4.35. The number of thiazole rings is 1. The van der Waals surface area contributed by atoms with Gasteiger partial charge in [-0.15, -0.1) is 21.5 Å². The van der Waals surface area contributed by atoms with Gasteiger partial charge in [0.25, 0.3) is 0 Å². The molecule has 30 heavy (non-hydrogen) atoms. The van der Waals surface area contributed by atoms with Gasteiger partial charge in [-0.2, -0.15) is 13.2 Å². The van der Waals surface area contributed by atoms with E-state index < -0.39 is 11.7 Å². The van der Waals surface area contributed by atoms with E-state index in [0.717, 1.165) is 23.5 Å². The van der Waals surface area contributed by atoms with E-state index in [1.807, 2.05) is 34.2 Å². The summed E-state index contributed by atoms with van der Waals surface area (Å²) in [7, 11) is 1.61. The van der Waals surface area contributed by atoms with E-state index >= 15 is 0 Å². The largest absolute Gasteiger partial charge is 0.495 e. The number of methoxy groups -OCH3 is 1. The number of ether oxygens (including phenoxy) is 1. The summed E-state index contributed by atoms with van der Waals surface area (Å²) in [4.78, 5) is 4.54. The van der Waals surface area contributed by atoms with Crippen LogP contribution in [0, 0.1) is 0 Å². The normalized spacial score (nSPS) is 11.6. The second-order valence-electron chi connectivity index (χ2n) is 6.16. The molecule has 0 radical (unpaired) electrons. The Hall–Kier alpha value is -2.85. The fraction of sp³-hybridized carbons (Fsp3) is 0.150. The Morgan fingerprint density at radius 1 is 1.10 bits per heavy atom. The predicted octanol–water partition coefficient (Wildman–Crippen LogP) is 5.71. The van der Waals surface area contributed by atoms with Crippen molar-refractivity contribution in [2.24, 2.45) is 0 Å². The molecule has 4 aromatic rings. The SMILES string of the molecule is COc1ccccc1-n1cnnc1SCc1csc(-c2ccc(C(F)(F)F)cc2)n1. The molecule has 2 aromatic heterocycles. The number of halogens is 3. The highest BCUT2D eigenvalue weighted by atomic mass is 32.2. The lowest BCUT2D eigenvalue weighted by molar-refractivity contribution is -0.137. The molecule has 0 aliphatic rings. The van der Waals surface area contributed by atoms with Gasteiger partial charge in [0.1, 0.15) is 17.1 Å². The van der Waals surface area contributed by atoms with Crippen molar-refractivity contribution in [3.05, 3.63) is 71.5 Å². The summed E-state index contributed by atoms with van der Waals surface area (Å²) in [5, 5.41) is 11.4. The van der Waals surface area contributed by atoms with Crippen LogP contribution in [0.4, 0.5) is 13.2 Å². The molecule has 2 aromatic carbocycles. The summed E-state index contributed by atoms with van der Waals surface area (Å²) < 4.78 is 45.4. The van der Waals surface area contributed by atoms with Crippen LogP contribution in [0.15, 0.2) is 65.4 Å². The number of alkyl halides is 3. The summed E-state index contributed by atoms with van der Waals surface area (Å²) in [5.41, 5.74) is 1.63. The van der Waals surface area contributed by atoms with E-state index in [2.05, 4.69) is 15.2 Å². The van der Waals surface area contributed by atoms with Crippen LogP contribution in [-0.2, 0) is 11.9 Å². The number of hydrogen-bond acceptors (Lipinski definition) is 6. The lowest BCUT2D eigenvalue weighted by Crippen LogP contribution is -2.03. The second-order valence-corrected chi connectivity index (χ2v) is 7.96. The van der Waals surface area contributed by atoms with Crippen LogP contribution >= 0.6 is 23.1 Å². The van der Waals surface area contributed by atoms with Crippen molar-refractivity contribution in [3.63, 3.8) is 0 Å².